The van der Waals surface area contributed by atoms with Crippen LogP contribution in [0.4, 0.5) is 0 Å². The highest BCUT2D eigenvalue weighted by atomic mass is 79.9. The van der Waals surface area contributed by atoms with Gasteiger partial charge in [-0.25, -0.2) is 21.6 Å². The smallest absolute Gasteiger partial charge is 0.212 e. The van der Waals surface area contributed by atoms with Crippen LogP contribution in [0, 0.1) is 0 Å². The van der Waals surface area contributed by atoms with Gasteiger partial charge >= 0.3 is 0 Å². The molecular weight excluding hydrogens is 306 g/mol. The van der Waals surface area contributed by atoms with Gasteiger partial charge in [0.15, 0.2) is 0 Å². The SMILES string of the molecule is CS(=O)(=O)CCS(=O)(=O)NCCCCBr. The molecule has 0 aliphatic rings. The molecule has 0 unspecified atom stereocenters. The maximum absolute atomic E-state index is 11.3. The highest BCUT2D eigenvalue weighted by molar-refractivity contribution is 9.09. The van der Waals surface area contributed by atoms with Crippen molar-refractivity contribution in [2.45, 2.75) is 12.8 Å². The molecule has 0 aliphatic carbocycles. The first-order valence-electron chi connectivity index (χ1n) is 4.48. The molecule has 0 aromatic rings. The molecule has 0 amide bonds. The van der Waals surface area contributed by atoms with E-state index in [4.69, 9.17) is 0 Å². The van der Waals surface area contributed by atoms with Crippen molar-refractivity contribution in [2.75, 3.05) is 29.6 Å². The van der Waals surface area contributed by atoms with E-state index in [0.717, 1.165) is 24.4 Å². The van der Waals surface area contributed by atoms with Crippen LogP contribution < -0.4 is 4.72 Å². The van der Waals surface area contributed by atoms with Crippen molar-refractivity contribution in [3.05, 3.63) is 0 Å². The van der Waals surface area contributed by atoms with Gasteiger partial charge in [-0.3, -0.25) is 0 Å². The number of sulfonamides is 1. The molecule has 0 aliphatic heterocycles. The normalized spacial score (nSPS) is 12.9. The largest absolute Gasteiger partial charge is 0.229 e. The molecule has 0 aromatic carbocycles. The number of halogens is 1. The Labute approximate surface area is 99.7 Å². The van der Waals surface area contributed by atoms with Gasteiger partial charge in [-0.15, -0.1) is 0 Å². The zero-order valence-corrected chi connectivity index (χ0v) is 11.8. The van der Waals surface area contributed by atoms with E-state index in [1.807, 2.05) is 0 Å². The fourth-order valence-electron chi connectivity index (χ4n) is 0.780. The molecule has 0 heterocycles. The van der Waals surface area contributed by atoms with Crippen LogP contribution >= 0.6 is 15.9 Å². The van der Waals surface area contributed by atoms with Crippen LogP contribution in [-0.4, -0.2) is 46.5 Å². The first-order valence-corrected chi connectivity index (χ1v) is 9.31. The Hall–Kier alpha value is 0.340. The predicted molar refractivity (Wildman–Crippen MR) is 64.5 cm³/mol. The zero-order valence-electron chi connectivity index (χ0n) is 8.57. The molecule has 15 heavy (non-hydrogen) atoms. The summed E-state index contributed by atoms with van der Waals surface area (Å²) in [5.41, 5.74) is 0. The van der Waals surface area contributed by atoms with E-state index in [1.54, 1.807) is 0 Å². The van der Waals surface area contributed by atoms with E-state index in [-0.39, 0.29) is 11.5 Å². The number of hydrogen-bond acceptors (Lipinski definition) is 4. The van der Waals surface area contributed by atoms with Crippen molar-refractivity contribution < 1.29 is 16.8 Å². The van der Waals surface area contributed by atoms with Crippen molar-refractivity contribution in [1.29, 1.82) is 0 Å². The molecule has 5 nitrogen and oxygen atoms in total. The minimum Gasteiger partial charge on any atom is -0.229 e. The number of rotatable bonds is 8. The fraction of sp³-hybridized carbons (Fsp3) is 1.00. The summed E-state index contributed by atoms with van der Waals surface area (Å²) in [6.45, 7) is 0.359. The van der Waals surface area contributed by atoms with Crippen molar-refractivity contribution >= 4 is 35.8 Å². The summed E-state index contributed by atoms with van der Waals surface area (Å²) >= 11 is 3.23. The number of alkyl halides is 1. The molecule has 0 radical (unpaired) electrons. The van der Waals surface area contributed by atoms with Crippen LogP contribution in [0.2, 0.25) is 0 Å². The Morgan fingerprint density at radius 1 is 1.07 bits per heavy atom. The third kappa shape index (κ3) is 10.6. The third-order valence-electron chi connectivity index (χ3n) is 1.61. The predicted octanol–water partition coefficient (Wildman–Crippen LogP) is 0.125. The Bertz CT molecular complexity index is 362. The summed E-state index contributed by atoms with van der Waals surface area (Å²) in [4.78, 5) is 0. The second kappa shape index (κ2) is 6.82. The second-order valence-electron chi connectivity index (χ2n) is 3.24. The van der Waals surface area contributed by atoms with Crippen molar-refractivity contribution in [3.8, 4) is 0 Å². The molecule has 0 aromatic heterocycles. The van der Waals surface area contributed by atoms with Crippen LogP contribution in [0.5, 0.6) is 0 Å². The summed E-state index contributed by atoms with van der Waals surface area (Å²) in [6.07, 6.45) is 2.64. The summed E-state index contributed by atoms with van der Waals surface area (Å²) in [7, 11) is -6.66. The number of nitrogens with one attached hydrogen (secondary N) is 1. The molecule has 0 atom stereocenters. The fourth-order valence-corrected chi connectivity index (χ4v) is 3.87. The van der Waals surface area contributed by atoms with Crippen LogP contribution in [0.25, 0.3) is 0 Å². The van der Waals surface area contributed by atoms with E-state index < -0.39 is 19.9 Å². The molecule has 1 N–H and O–H groups in total. The summed E-state index contributed by atoms with van der Waals surface area (Å²) in [5.74, 6) is -0.694. The van der Waals surface area contributed by atoms with E-state index >= 15 is 0 Å². The Kier molecular flexibility index (Phi) is 6.98. The maximum atomic E-state index is 11.3. The quantitative estimate of drug-likeness (QED) is 0.509. The first kappa shape index (κ1) is 15.3. The van der Waals surface area contributed by atoms with Gasteiger partial charge in [0.05, 0.1) is 11.5 Å². The summed E-state index contributed by atoms with van der Waals surface area (Å²) in [5, 5.41) is 0.831. The lowest BCUT2D eigenvalue weighted by molar-refractivity contribution is 0.576. The Balaban J connectivity index is 3.88. The van der Waals surface area contributed by atoms with Gasteiger partial charge in [-0.1, -0.05) is 15.9 Å². The minimum absolute atomic E-state index is 0.333. The van der Waals surface area contributed by atoms with Crippen LogP contribution in [0.1, 0.15) is 12.8 Å². The van der Waals surface area contributed by atoms with Gasteiger partial charge in [0, 0.05) is 18.1 Å². The van der Waals surface area contributed by atoms with Crippen molar-refractivity contribution in [3.63, 3.8) is 0 Å². The second-order valence-corrected chi connectivity index (χ2v) is 8.22. The van der Waals surface area contributed by atoms with Crippen molar-refractivity contribution in [1.82, 2.24) is 4.72 Å². The van der Waals surface area contributed by atoms with Crippen molar-refractivity contribution in [2.24, 2.45) is 0 Å². The van der Waals surface area contributed by atoms with Crippen LogP contribution in [0.15, 0.2) is 0 Å². The lowest BCUT2D eigenvalue weighted by Gasteiger charge is -2.05. The maximum Gasteiger partial charge on any atom is 0.212 e. The molecular formula is C7H16BrNO4S2. The van der Waals surface area contributed by atoms with Gasteiger partial charge < -0.3 is 0 Å². The number of hydrogen-bond donors (Lipinski definition) is 1. The lowest BCUT2D eigenvalue weighted by atomic mass is 10.3. The molecule has 0 rings (SSSR count). The average Bonchev–Trinajstić information content (AvgIpc) is 2.09. The van der Waals surface area contributed by atoms with E-state index in [0.29, 0.717) is 6.54 Å². The monoisotopic (exact) mass is 321 g/mol. The topological polar surface area (TPSA) is 80.3 Å². The number of sulfone groups is 1. The summed E-state index contributed by atoms with van der Waals surface area (Å²) < 4.78 is 46.4. The van der Waals surface area contributed by atoms with E-state index in [2.05, 4.69) is 20.7 Å². The van der Waals surface area contributed by atoms with Gasteiger partial charge in [0.2, 0.25) is 10.0 Å². The van der Waals surface area contributed by atoms with Gasteiger partial charge in [0.25, 0.3) is 0 Å². The lowest BCUT2D eigenvalue weighted by Crippen LogP contribution is -2.30. The standard InChI is InChI=1S/C7H16BrNO4S2/c1-14(10,11)6-7-15(12,13)9-5-3-2-4-8/h9H,2-7H2,1H3. The number of unbranched alkanes of at least 4 members (excludes halogenated alkanes) is 1. The van der Waals surface area contributed by atoms with Gasteiger partial charge in [0.1, 0.15) is 9.84 Å². The Morgan fingerprint density at radius 2 is 1.67 bits per heavy atom. The van der Waals surface area contributed by atoms with Crippen LogP contribution in [0.3, 0.4) is 0 Å². The van der Waals surface area contributed by atoms with Gasteiger partial charge in [-0.2, -0.15) is 0 Å². The molecule has 0 spiro atoms. The highest BCUT2D eigenvalue weighted by Gasteiger charge is 2.13. The molecule has 0 fully saturated rings. The molecule has 92 valence electrons. The molecule has 0 saturated carbocycles. The molecule has 8 heteroatoms. The molecule has 0 bridgehead atoms. The zero-order chi connectivity index (χ0) is 11.9. The minimum atomic E-state index is -3.44. The Morgan fingerprint density at radius 3 is 2.13 bits per heavy atom. The van der Waals surface area contributed by atoms with E-state index in [1.165, 1.54) is 0 Å². The highest BCUT2D eigenvalue weighted by Crippen LogP contribution is 1.94. The van der Waals surface area contributed by atoms with Gasteiger partial charge in [-0.05, 0) is 12.8 Å². The molecule has 0 saturated heterocycles. The first-order chi connectivity index (χ1) is 6.77. The third-order valence-corrected chi connectivity index (χ3v) is 4.76. The van der Waals surface area contributed by atoms with Crippen LogP contribution in [-0.2, 0) is 19.9 Å². The summed E-state index contributed by atoms with van der Waals surface area (Å²) in [6, 6.07) is 0. The average molecular weight is 322 g/mol. The van der Waals surface area contributed by atoms with E-state index in [9.17, 15) is 16.8 Å².